The number of nitrogens with one attached hydrogen (secondary N) is 1. The number of anilines is 1. The third-order valence-corrected chi connectivity index (χ3v) is 2.70. The van der Waals surface area contributed by atoms with Crippen molar-refractivity contribution in [2.45, 2.75) is 6.54 Å². The number of hydrogen-bond donors (Lipinski definition) is 2. The van der Waals surface area contributed by atoms with E-state index in [9.17, 15) is 0 Å². The van der Waals surface area contributed by atoms with Crippen LogP contribution in [0, 0.1) is 0 Å². The Balaban J connectivity index is 1.92. The molecule has 2 heteroatoms. The van der Waals surface area contributed by atoms with Gasteiger partial charge in [-0.05, 0) is 23.3 Å². The molecule has 92 valence electrons. The van der Waals surface area contributed by atoms with Gasteiger partial charge in [-0.15, -0.1) is 0 Å². The molecule has 0 heterocycles. The van der Waals surface area contributed by atoms with E-state index in [0.29, 0.717) is 6.54 Å². The lowest BCUT2D eigenvalue weighted by atomic mass is 10.2. The minimum Gasteiger partial charge on any atom is -0.381 e. The molecular formula is C16H18N2. The van der Waals surface area contributed by atoms with Gasteiger partial charge in [0.2, 0.25) is 0 Å². The van der Waals surface area contributed by atoms with E-state index in [1.807, 2.05) is 18.2 Å². The van der Waals surface area contributed by atoms with Crippen LogP contribution in [0.4, 0.5) is 5.69 Å². The van der Waals surface area contributed by atoms with Crippen molar-refractivity contribution in [3.63, 3.8) is 0 Å². The average Bonchev–Trinajstić information content (AvgIpc) is 2.45. The molecule has 0 atom stereocenters. The summed E-state index contributed by atoms with van der Waals surface area (Å²) in [7, 11) is 0. The summed E-state index contributed by atoms with van der Waals surface area (Å²) in [6, 6.07) is 18.7. The van der Waals surface area contributed by atoms with Gasteiger partial charge in [-0.25, -0.2) is 0 Å². The lowest BCUT2D eigenvalue weighted by Crippen LogP contribution is -1.98. The van der Waals surface area contributed by atoms with Gasteiger partial charge >= 0.3 is 0 Å². The van der Waals surface area contributed by atoms with Crippen LogP contribution in [0.5, 0.6) is 0 Å². The van der Waals surface area contributed by atoms with Gasteiger partial charge < -0.3 is 11.1 Å². The molecule has 0 unspecified atom stereocenters. The summed E-state index contributed by atoms with van der Waals surface area (Å²) < 4.78 is 0. The normalized spacial score (nSPS) is 10.7. The van der Waals surface area contributed by atoms with E-state index < -0.39 is 0 Å². The molecule has 3 N–H and O–H groups in total. The van der Waals surface area contributed by atoms with Crippen molar-refractivity contribution in [1.29, 1.82) is 0 Å². The Hall–Kier alpha value is -2.06. The summed E-state index contributed by atoms with van der Waals surface area (Å²) in [4.78, 5) is 0. The molecule has 2 rings (SSSR count). The molecule has 0 aromatic heterocycles. The molecule has 0 saturated carbocycles. The first kappa shape index (κ1) is 12.4. The van der Waals surface area contributed by atoms with Crippen molar-refractivity contribution in [2.75, 3.05) is 11.9 Å². The molecule has 0 bridgehead atoms. The number of nitrogens with two attached hydrogens (primary N) is 1. The molecule has 0 aliphatic carbocycles. The molecule has 0 radical (unpaired) electrons. The largest absolute Gasteiger partial charge is 0.381 e. The van der Waals surface area contributed by atoms with E-state index in [1.165, 1.54) is 11.1 Å². The van der Waals surface area contributed by atoms with Crippen LogP contribution in [0.2, 0.25) is 0 Å². The van der Waals surface area contributed by atoms with Crippen molar-refractivity contribution in [3.8, 4) is 0 Å². The monoisotopic (exact) mass is 238 g/mol. The van der Waals surface area contributed by atoms with Gasteiger partial charge in [-0.2, -0.15) is 0 Å². The highest BCUT2D eigenvalue weighted by molar-refractivity contribution is 5.55. The Morgan fingerprint density at radius 2 is 1.67 bits per heavy atom. The number of hydrogen-bond acceptors (Lipinski definition) is 2. The lowest BCUT2D eigenvalue weighted by molar-refractivity contribution is 1.15. The third-order valence-electron chi connectivity index (χ3n) is 2.70. The zero-order valence-electron chi connectivity index (χ0n) is 10.3. The van der Waals surface area contributed by atoms with Crippen LogP contribution in [0.25, 0.3) is 6.08 Å². The molecule has 0 saturated heterocycles. The van der Waals surface area contributed by atoms with E-state index in [4.69, 9.17) is 5.73 Å². The zero-order chi connectivity index (χ0) is 12.6. The van der Waals surface area contributed by atoms with Gasteiger partial charge in [-0.3, -0.25) is 0 Å². The fourth-order valence-electron chi connectivity index (χ4n) is 1.72. The highest BCUT2D eigenvalue weighted by Gasteiger charge is 1.93. The Bertz CT molecular complexity index is 486. The summed E-state index contributed by atoms with van der Waals surface area (Å²) in [5, 5.41) is 3.40. The smallest absolute Gasteiger partial charge is 0.0400 e. The second kappa shape index (κ2) is 6.62. The first-order valence-corrected chi connectivity index (χ1v) is 6.13. The Kier molecular flexibility index (Phi) is 4.56. The maximum Gasteiger partial charge on any atom is 0.0400 e. The highest BCUT2D eigenvalue weighted by atomic mass is 14.9. The van der Waals surface area contributed by atoms with Crippen molar-refractivity contribution in [3.05, 3.63) is 71.8 Å². The minimum atomic E-state index is 0.577. The van der Waals surface area contributed by atoms with Crippen molar-refractivity contribution < 1.29 is 0 Å². The van der Waals surface area contributed by atoms with Crippen molar-refractivity contribution >= 4 is 11.8 Å². The first-order chi connectivity index (χ1) is 8.88. The van der Waals surface area contributed by atoms with Crippen LogP contribution in [-0.4, -0.2) is 6.54 Å². The number of rotatable bonds is 5. The number of benzene rings is 2. The molecule has 0 spiro atoms. The first-order valence-electron chi connectivity index (χ1n) is 6.13. The molecule has 2 aromatic rings. The van der Waals surface area contributed by atoms with Crippen LogP contribution in [0.15, 0.2) is 60.7 Å². The van der Waals surface area contributed by atoms with Gasteiger partial charge in [0.1, 0.15) is 0 Å². The Morgan fingerprint density at radius 3 is 2.33 bits per heavy atom. The van der Waals surface area contributed by atoms with Crippen LogP contribution < -0.4 is 11.1 Å². The molecular weight excluding hydrogens is 220 g/mol. The fraction of sp³-hybridized carbons (Fsp3) is 0.125. The van der Waals surface area contributed by atoms with E-state index in [1.54, 1.807) is 0 Å². The predicted octanol–water partition coefficient (Wildman–Crippen LogP) is 3.27. The second-order valence-corrected chi connectivity index (χ2v) is 4.10. The Labute approximate surface area is 108 Å². The van der Waals surface area contributed by atoms with Gasteiger partial charge in [0.15, 0.2) is 0 Å². The summed E-state index contributed by atoms with van der Waals surface area (Å²) in [6.45, 7) is 1.42. The third kappa shape index (κ3) is 3.75. The SMILES string of the molecule is NC/C=C/c1ccc(NCc2ccccc2)cc1. The van der Waals surface area contributed by atoms with Gasteiger partial charge in [0.05, 0.1) is 0 Å². The van der Waals surface area contributed by atoms with Gasteiger partial charge in [-0.1, -0.05) is 54.6 Å². The summed E-state index contributed by atoms with van der Waals surface area (Å²) >= 11 is 0. The zero-order valence-corrected chi connectivity index (χ0v) is 10.3. The van der Waals surface area contributed by atoms with Crippen LogP contribution in [-0.2, 0) is 6.54 Å². The molecule has 0 fully saturated rings. The molecule has 18 heavy (non-hydrogen) atoms. The van der Waals surface area contributed by atoms with Crippen molar-refractivity contribution in [1.82, 2.24) is 0 Å². The van der Waals surface area contributed by atoms with E-state index in [0.717, 1.165) is 12.2 Å². The standard InChI is InChI=1S/C16H18N2/c17-12-4-7-14-8-10-16(11-9-14)18-13-15-5-2-1-3-6-15/h1-11,18H,12-13,17H2/b7-4+. The van der Waals surface area contributed by atoms with E-state index in [-0.39, 0.29) is 0 Å². The average molecular weight is 238 g/mol. The molecule has 0 amide bonds. The van der Waals surface area contributed by atoms with Crippen molar-refractivity contribution in [2.24, 2.45) is 5.73 Å². The summed E-state index contributed by atoms with van der Waals surface area (Å²) in [5.74, 6) is 0. The summed E-state index contributed by atoms with van der Waals surface area (Å²) in [5.41, 5.74) is 9.00. The highest BCUT2D eigenvalue weighted by Crippen LogP contribution is 2.12. The van der Waals surface area contributed by atoms with Crippen LogP contribution in [0.1, 0.15) is 11.1 Å². The quantitative estimate of drug-likeness (QED) is 0.839. The molecule has 0 aliphatic heterocycles. The van der Waals surface area contributed by atoms with Gasteiger partial charge in [0, 0.05) is 18.8 Å². The fourth-order valence-corrected chi connectivity index (χ4v) is 1.72. The molecule has 0 aliphatic rings. The lowest BCUT2D eigenvalue weighted by Gasteiger charge is -2.06. The van der Waals surface area contributed by atoms with Crippen LogP contribution >= 0.6 is 0 Å². The Morgan fingerprint density at radius 1 is 0.944 bits per heavy atom. The topological polar surface area (TPSA) is 38.0 Å². The maximum absolute atomic E-state index is 5.42. The van der Waals surface area contributed by atoms with Crippen LogP contribution in [0.3, 0.4) is 0 Å². The summed E-state index contributed by atoms with van der Waals surface area (Å²) in [6.07, 6.45) is 3.98. The van der Waals surface area contributed by atoms with E-state index in [2.05, 4.69) is 53.8 Å². The molecule has 2 nitrogen and oxygen atoms in total. The second-order valence-electron chi connectivity index (χ2n) is 4.10. The maximum atomic E-state index is 5.42. The minimum absolute atomic E-state index is 0.577. The van der Waals surface area contributed by atoms with E-state index >= 15 is 0 Å². The molecule has 2 aromatic carbocycles. The predicted molar refractivity (Wildman–Crippen MR) is 78.3 cm³/mol. The van der Waals surface area contributed by atoms with Gasteiger partial charge in [0.25, 0.3) is 0 Å².